The lowest BCUT2D eigenvalue weighted by Crippen LogP contribution is -2.52. The number of aryl methyl sites for hydroxylation is 2. The summed E-state index contributed by atoms with van der Waals surface area (Å²) in [6.07, 6.45) is -3.31. The predicted octanol–water partition coefficient (Wildman–Crippen LogP) is 4.84. The highest BCUT2D eigenvalue weighted by atomic mass is 19.4. The molecule has 33 heavy (non-hydrogen) atoms. The van der Waals surface area contributed by atoms with Gasteiger partial charge in [0.05, 0.1) is 23.0 Å². The van der Waals surface area contributed by atoms with Crippen LogP contribution in [0, 0.1) is 13.8 Å². The number of nitrogens with one attached hydrogen (secondary N) is 1. The van der Waals surface area contributed by atoms with Crippen molar-refractivity contribution in [1.82, 2.24) is 14.9 Å². The molecule has 2 aromatic carbocycles. The third-order valence-electron chi connectivity index (χ3n) is 6.66. The number of ether oxygens (including phenoxy) is 1. The Bertz CT molecular complexity index is 1290. The van der Waals surface area contributed by atoms with Gasteiger partial charge in [-0.15, -0.1) is 0 Å². The van der Waals surface area contributed by atoms with Crippen molar-refractivity contribution in [3.05, 3.63) is 58.4 Å². The second-order valence-electron chi connectivity index (χ2n) is 8.92. The minimum absolute atomic E-state index is 0.0456. The van der Waals surface area contributed by atoms with Crippen molar-refractivity contribution in [2.24, 2.45) is 0 Å². The van der Waals surface area contributed by atoms with E-state index in [1.807, 2.05) is 26.0 Å². The SMILES string of the molecule is Cc1cc2c(cc1C)C(=O)CC1(CCN(C(=O)c3ccc4nc(C(F)(F)F)[nH]c4c3)CC1)O2. The van der Waals surface area contributed by atoms with E-state index in [1.54, 1.807) is 4.90 Å². The van der Waals surface area contributed by atoms with Crippen molar-refractivity contribution >= 4 is 22.7 Å². The topological polar surface area (TPSA) is 75.3 Å². The zero-order valence-corrected chi connectivity index (χ0v) is 18.2. The van der Waals surface area contributed by atoms with E-state index in [0.717, 1.165) is 11.1 Å². The Morgan fingerprint density at radius 1 is 1.12 bits per heavy atom. The number of fused-ring (bicyclic) bond motifs is 2. The minimum Gasteiger partial charge on any atom is -0.486 e. The van der Waals surface area contributed by atoms with Crippen molar-refractivity contribution in [3.8, 4) is 5.75 Å². The molecular formula is C24H22F3N3O3. The molecule has 0 radical (unpaired) electrons. The van der Waals surface area contributed by atoms with Gasteiger partial charge in [-0.3, -0.25) is 9.59 Å². The van der Waals surface area contributed by atoms with Crippen molar-refractivity contribution in [2.45, 2.75) is 44.9 Å². The van der Waals surface area contributed by atoms with Gasteiger partial charge in [-0.1, -0.05) is 0 Å². The molecule has 9 heteroatoms. The number of amides is 1. The van der Waals surface area contributed by atoms with Crippen LogP contribution < -0.4 is 4.74 Å². The molecule has 3 aromatic rings. The second-order valence-corrected chi connectivity index (χ2v) is 8.92. The van der Waals surface area contributed by atoms with Crippen molar-refractivity contribution in [2.75, 3.05) is 13.1 Å². The van der Waals surface area contributed by atoms with E-state index in [9.17, 15) is 22.8 Å². The fourth-order valence-electron chi connectivity index (χ4n) is 4.60. The first kappa shape index (κ1) is 21.5. The maximum atomic E-state index is 13.0. The summed E-state index contributed by atoms with van der Waals surface area (Å²) in [5, 5.41) is 0. The summed E-state index contributed by atoms with van der Waals surface area (Å²) in [7, 11) is 0. The number of benzene rings is 2. The Labute approximate surface area is 187 Å². The number of hydrogen-bond acceptors (Lipinski definition) is 4. The van der Waals surface area contributed by atoms with Gasteiger partial charge in [0.15, 0.2) is 5.78 Å². The molecule has 1 saturated heterocycles. The molecule has 2 aliphatic heterocycles. The summed E-state index contributed by atoms with van der Waals surface area (Å²) >= 11 is 0. The number of carbonyl (C=O) groups is 2. The molecule has 1 aromatic heterocycles. The molecule has 1 spiro atoms. The van der Waals surface area contributed by atoms with Gasteiger partial charge >= 0.3 is 6.18 Å². The summed E-state index contributed by atoms with van der Waals surface area (Å²) in [6, 6.07) is 8.05. The van der Waals surface area contributed by atoms with Crippen LogP contribution in [-0.2, 0) is 6.18 Å². The summed E-state index contributed by atoms with van der Waals surface area (Å²) in [4.78, 5) is 33.3. The number of carbonyl (C=O) groups excluding carboxylic acids is 2. The van der Waals surface area contributed by atoms with Crippen molar-refractivity contribution < 1.29 is 27.5 Å². The van der Waals surface area contributed by atoms with E-state index in [0.29, 0.717) is 37.2 Å². The Kier molecular flexibility index (Phi) is 4.77. The first-order valence-corrected chi connectivity index (χ1v) is 10.7. The van der Waals surface area contributed by atoms with Gasteiger partial charge in [0, 0.05) is 31.5 Å². The first-order valence-electron chi connectivity index (χ1n) is 10.7. The van der Waals surface area contributed by atoms with Crippen LogP contribution in [0.15, 0.2) is 30.3 Å². The molecule has 6 nitrogen and oxygen atoms in total. The molecule has 0 aliphatic carbocycles. The summed E-state index contributed by atoms with van der Waals surface area (Å²) in [6.45, 7) is 4.71. The number of halogens is 3. The van der Waals surface area contributed by atoms with Crippen LogP contribution in [-0.4, -0.2) is 45.2 Å². The van der Waals surface area contributed by atoms with E-state index in [2.05, 4.69) is 9.97 Å². The van der Waals surface area contributed by atoms with Gasteiger partial charge in [0.25, 0.3) is 5.91 Å². The fraction of sp³-hybridized carbons (Fsp3) is 0.375. The highest BCUT2D eigenvalue weighted by Gasteiger charge is 2.44. The van der Waals surface area contributed by atoms with Crippen LogP contribution in [0.4, 0.5) is 13.2 Å². The van der Waals surface area contributed by atoms with Crippen LogP contribution in [0.1, 0.15) is 56.9 Å². The number of aromatic nitrogens is 2. The van der Waals surface area contributed by atoms with Crippen LogP contribution in [0.2, 0.25) is 0 Å². The molecule has 1 fully saturated rings. The number of piperidine rings is 1. The maximum absolute atomic E-state index is 13.0. The van der Waals surface area contributed by atoms with Gasteiger partial charge in [-0.2, -0.15) is 13.2 Å². The smallest absolute Gasteiger partial charge is 0.449 e. The molecule has 1 amide bonds. The number of aromatic amines is 1. The Hall–Kier alpha value is -3.36. The number of imidazole rings is 1. The van der Waals surface area contributed by atoms with Gasteiger partial charge in [-0.05, 0) is 55.3 Å². The number of nitrogens with zero attached hydrogens (tertiary/aromatic N) is 2. The third-order valence-corrected chi connectivity index (χ3v) is 6.66. The van der Waals surface area contributed by atoms with Gasteiger partial charge in [0.1, 0.15) is 11.4 Å². The average Bonchev–Trinajstić information content (AvgIpc) is 3.19. The van der Waals surface area contributed by atoms with Crippen LogP contribution >= 0.6 is 0 Å². The zero-order chi connectivity index (χ0) is 23.5. The number of rotatable bonds is 1. The molecule has 2 aliphatic rings. The third kappa shape index (κ3) is 3.75. The van der Waals surface area contributed by atoms with Crippen molar-refractivity contribution in [3.63, 3.8) is 0 Å². The predicted molar refractivity (Wildman–Crippen MR) is 114 cm³/mol. The quantitative estimate of drug-likeness (QED) is 0.568. The average molecular weight is 457 g/mol. The normalized spacial score (nSPS) is 17.8. The lowest BCUT2D eigenvalue weighted by atomic mass is 9.81. The van der Waals surface area contributed by atoms with Gasteiger partial charge < -0.3 is 14.6 Å². The number of H-pyrrole nitrogens is 1. The molecule has 0 bridgehead atoms. The van der Waals surface area contributed by atoms with E-state index in [4.69, 9.17) is 4.74 Å². The lowest BCUT2D eigenvalue weighted by molar-refractivity contribution is -0.144. The first-order chi connectivity index (χ1) is 15.5. The minimum atomic E-state index is -4.59. The zero-order valence-electron chi connectivity index (χ0n) is 18.2. The number of ketones is 1. The molecule has 0 saturated carbocycles. The molecule has 3 heterocycles. The lowest BCUT2D eigenvalue weighted by Gasteiger charge is -2.44. The Balaban J connectivity index is 1.32. The van der Waals surface area contributed by atoms with Gasteiger partial charge in [-0.25, -0.2) is 4.98 Å². The summed E-state index contributed by atoms with van der Waals surface area (Å²) in [5.41, 5.74) is 2.64. The van der Waals surface area contributed by atoms with E-state index in [-0.39, 0.29) is 34.7 Å². The Morgan fingerprint density at radius 3 is 2.52 bits per heavy atom. The van der Waals surface area contributed by atoms with Crippen LogP contribution in [0.3, 0.4) is 0 Å². The molecule has 172 valence electrons. The largest absolute Gasteiger partial charge is 0.486 e. The highest BCUT2D eigenvalue weighted by Crippen LogP contribution is 2.40. The summed E-state index contributed by atoms with van der Waals surface area (Å²) in [5.74, 6) is -0.723. The monoisotopic (exact) mass is 457 g/mol. The van der Waals surface area contributed by atoms with Gasteiger partial charge in [0.2, 0.25) is 5.82 Å². The molecule has 1 N–H and O–H groups in total. The number of alkyl halides is 3. The van der Waals surface area contributed by atoms with E-state index >= 15 is 0 Å². The highest BCUT2D eigenvalue weighted by molar-refractivity contribution is 6.01. The number of hydrogen-bond donors (Lipinski definition) is 1. The molecule has 5 rings (SSSR count). The summed E-state index contributed by atoms with van der Waals surface area (Å²) < 4.78 is 45.0. The van der Waals surface area contributed by atoms with Crippen LogP contribution in [0.25, 0.3) is 11.0 Å². The Morgan fingerprint density at radius 2 is 1.82 bits per heavy atom. The molecule has 0 atom stereocenters. The van der Waals surface area contributed by atoms with Crippen LogP contribution in [0.5, 0.6) is 5.75 Å². The maximum Gasteiger partial charge on any atom is 0.449 e. The molecule has 0 unspecified atom stereocenters. The fourth-order valence-corrected chi connectivity index (χ4v) is 4.60. The number of Topliss-reactive ketones (excluding diaryl/α,β-unsaturated/α-hetero) is 1. The molecular weight excluding hydrogens is 435 g/mol. The van der Waals surface area contributed by atoms with E-state index < -0.39 is 17.6 Å². The van der Waals surface area contributed by atoms with E-state index in [1.165, 1.54) is 18.2 Å². The number of likely N-dealkylation sites (tertiary alicyclic amines) is 1. The second kappa shape index (κ2) is 7.33. The van der Waals surface area contributed by atoms with Crippen molar-refractivity contribution in [1.29, 1.82) is 0 Å². The standard InChI is InChI=1S/C24H22F3N3O3/c1-13-9-16-19(31)12-23(33-20(16)10-14(13)2)5-7-30(8-6-23)21(32)15-3-4-17-18(11-15)29-22(28-17)24(25,26)27/h3-4,9-11H,5-8,12H2,1-2H3,(H,28,29).